The second kappa shape index (κ2) is 11.7. The van der Waals surface area contributed by atoms with Gasteiger partial charge in [0.25, 0.3) is 0 Å². The fourth-order valence-electron chi connectivity index (χ4n) is 2.19. The van der Waals surface area contributed by atoms with Crippen molar-refractivity contribution in [2.75, 3.05) is 6.61 Å². The van der Waals surface area contributed by atoms with Gasteiger partial charge in [-0.05, 0) is 31.4 Å². The summed E-state index contributed by atoms with van der Waals surface area (Å²) >= 11 is 0. The minimum absolute atomic E-state index is 0.222. The fourth-order valence-corrected chi connectivity index (χ4v) is 2.19. The van der Waals surface area contributed by atoms with Crippen molar-refractivity contribution >= 4 is 11.9 Å². The number of aryl methyl sites for hydroxylation is 1. The molecule has 128 valence electrons. The van der Waals surface area contributed by atoms with Crippen LogP contribution in [0.3, 0.4) is 0 Å². The molecular weight excluding hydrogens is 292 g/mol. The number of unbranched alkanes of at least 4 members (excludes halogenated alkanes) is 4. The van der Waals surface area contributed by atoms with Crippen LogP contribution < -0.4 is 4.74 Å². The number of hydrogen-bond donors (Lipinski definition) is 0. The van der Waals surface area contributed by atoms with Crippen molar-refractivity contribution in [2.24, 2.45) is 0 Å². The van der Waals surface area contributed by atoms with Crippen LogP contribution in [0.25, 0.3) is 0 Å². The van der Waals surface area contributed by atoms with Gasteiger partial charge in [0, 0.05) is 12.8 Å². The Bertz CT molecular complexity index is 482. The van der Waals surface area contributed by atoms with Gasteiger partial charge < -0.3 is 9.47 Å². The second-order valence-corrected chi connectivity index (χ2v) is 5.73. The molecule has 0 aliphatic rings. The van der Waals surface area contributed by atoms with Crippen molar-refractivity contribution in [1.82, 2.24) is 0 Å². The summed E-state index contributed by atoms with van der Waals surface area (Å²) in [6, 6.07) is 7.37. The molecule has 4 heteroatoms. The molecule has 0 spiro atoms. The predicted octanol–water partition coefficient (Wildman–Crippen LogP) is 4.58. The van der Waals surface area contributed by atoms with Crippen LogP contribution in [-0.2, 0) is 14.3 Å². The molecule has 1 aromatic rings. The van der Waals surface area contributed by atoms with E-state index in [4.69, 9.17) is 9.47 Å². The molecule has 0 aromatic heterocycles. The Hall–Kier alpha value is -1.84. The normalized spacial score (nSPS) is 10.3. The summed E-state index contributed by atoms with van der Waals surface area (Å²) in [5, 5.41) is 0. The number of benzene rings is 1. The van der Waals surface area contributed by atoms with Crippen LogP contribution in [-0.4, -0.2) is 18.5 Å². The van der Waals surface area contributed by atoms with Crippen LogP contribution in [0.1, 0.15) is 63.9 Å². The quantitative estimate of drug-likeness (QED) is 0.340. The molecule has 0 unspecified atom stereocenters. The highest BCUT2D eigenvalue weighted by Gasteiger charge is 2.09. The predicted molar refractivity (Wildman–Crippen MR) is 90.4 cm³/mol. The minimum Gasteiger partial charge on any atom is -0.466 e. The first-order valence-electron chi connectivity index (χ1n) is 8.55. The summed E-state index contributed by atoms with van der Waals surface area (Å²) in [5.74, 6) is 0.0306. The van der Waals surface area contributed by atoms with Gasteiger partial charge in [-0.25, -0.2) is 0 Å². The highest BCUT2D eigenvalue weighted by atomic mass is 16.5. The summed E-state index contributed by atoms with van der Waals surface area (Å²) in [5.41, 5.74) is 0.920. The van der Waals surface area contributed by atoms with Crippen LogP contribution in [0.5, 0.6) is 5.75 Å². The SMILES string of the molecule is CCCCCCCOC(=O)CCCC(=O)Oc1ccccc1C. The molecule has 0 saturated heterocycles. The van der Waals surface area contributed by atoms with Crippen LogP contribution in [0.2, 0.25) is 0 Å². The van der Waals surface area contributed by atoms with E-state index in [0.29, 0.717) is 18.8 Å². The van der Waals surface area contributed by atoms with Crippen LogP contribution in [0, 0.1) is 6.92 Å². The number of para-hydroxylation sites is 1. The van der Waals surface area contributed by atoms with Gasteiger partial charge in [0.15, 0.2) is 0 Å². The van der Waals surface area contributed by atoms with E-state index in [1.54, 1.807) is 6.07 Å². The van der Waals surface area contributed by atoms with Crippen LogP contribution in [0.4, 0.5) is 0 Å². The number of hydrogen-bond acceptors (Lipinski definition) is 4. The van der Waals surface area contributed by atoms with Crippen molar-refractivity contribution in [3.63, 3.8) is 0 Å². The maximum Gasteiger partial charge on any atom is 0.311 e. The van der Waals surface area contributed by atoms with Crippen molar-refractivity contribution < 1.29 is 19.1 Å². The number of carbonyl (C=O) groups excluding carboxylic acids is 2. The first-order valence-corrected chi connectivity index (χ1v) is 8.55. The van der Waals surface area contributed by atoms with Gasteiger partial charge in [-0.1, -0.05) is 50.8 Å². The van der Waals surface area contributed by atoms with Gasteiger partial charge in [0.05, 0.1) is 6.61 Å². The van der Waals surface area contributed by atoms with Crippen molar-refractivity contribution in [3.05, 3.63) is 29.8 Å². The Balaban J connectivity index is 2.08. The lowest BCUT2D eigenvalue weighted by Crippen LogP contribution is -2.11. The molecule has 0 bridgehead atoms. The van der Waals surface area contributed by atoms with E-state index in [9.17, 15) is 9.59 Å². The summed E-state index contributed by atoms with van der Waals surface area (Å²) in [4.78, 5) is 23.3. The first-order chi connectivity index (χ1) is 11.1. The standard InChI is InChI=1S/C19H28O4/c1-3-4-5-6-9-15-22-18(20)13-10-14-19(21)23-17-12-8-7-11-16(17)2/h7-8,11-12H,3-6,9-10,13-15H2,1-2H3. The summed E-state index contributed by atoms with van der Waals surface area (Å²) < 4.78 is 10.4. The molecule has 0 atom stereocenters. The third kappa shape index (κ3) is 9.01. The topological polar surface area (TPSA) is 52.6 Å². The lowest BCUT2D eigenvalue weighted by atomic mass is 10.2. The zero-order valence-corrected chi connectivity index (χ0v) is 14.3. The largest absolute Gasteiger partial charge is 0.466 e. The van der Waals surface area contributed by atoms with Crippen LogP contribution in [0.15, 0.2) is 24.3 Å². The van der Waals surface area contributed by atoms with Gasteiger partial charge in [-0.3, -0.25) is 9.59 Å². The van der Waals surface area contributed by atoms with Crippen LogP contribution >= 0.6 is 0 Å². The molecule has 0 aliphatic heterocycles. The van der Waals surface area contributed by atoms with Gasteiger partial charge in [0.1, 0.15) is 5.75 Å². The number of carbonyl (C=O) groups is 2. The monoisotopic (exact) mass is 320 g/mol. The lowest BCUT2D eigenvalue weighted by Gasteiger charge is -2.07. The minimum atomic E-state index is -0.313. The average Bonchev–Trinajstić information content (AvgIpc) is 2.53. The zero-order valence-electron chi connectivity index (χ0n) is 14.3. The van der Waals surface area contributed by atoms with Gasteiger partial charge in [0.2, 0.25) is 0 Å². The van der Waals surface area contributed by atoms with Gasteiger partial charge >= 0.3 is 11.9 Å². The molecule has 0 heterocycles. The Morgan fingerprint density at radius 3 is 2.35 bits per heavy atom. The molecule has 0 aliphatic carbocycles. The number of ether oxygens (including phenoxy) is 2. The van der Waals surface area contributed by atoms with E-state index < -0.39 is 0 Å². The molecule has 23 heavy (non-hydrogen) atoms. The Morgan fingerprint density at radius 1 is 0.913 bits per heavy atom. The Morgan fingerprint density at radius 2 is 1.61 bits per heavy atom. The molecule has 4 nitrogen and oxygen atoms in total. The first kappa shape index (κ1) is 19.2. The van der Waals surface area contributed by atoms with Gasteiger partial charge in [-0.2, -0.15) is 0 Å². The van der Waals surface area contributed by atoms with Crippen molar-refractivity contribution in [2.45, 2.75) is 65.2 Å². The molecule has 0 amide bonds. The summed E-state index contributed by atoms with van der Waals surface area (Å²) in [6.45, 7) is 4.54. The smallest absolute Gasteiger partial charge is 0.311 e. The molecule has 1 aromatic carbocycles. The van der Waals surface area contributed by atoms with E-state index in [2.05, 4.69) is 6.92 Å². The lowest BCUT2D eigenvalue weighted by molar-refractivity contribution is -0.144. The fraction of sp³-hybridized carbons (Fsp3) is 0.579. The molecule has 1 rings (SSSR count). The average molecular weight is 320 g/mol. The summed E-state index contributed by atoms with van der Waals surface area (Å²) in [7, 11) is 0. The highest BCUT2D eigenvalue weighted by molar-refractivity contribution is 5.74. The molecule has 0 fully saturated rings. The van der Waals surface area contributed by atoms with Crippen molar-refractivity contribution in [3.8, 4) is 5.75 Å². The molecular formula is C19H28O4. The highest BCUT2D eigenvalue weighted by Crippen LogP contribution is 2.17. The van der Waals surface area contributed by atoms with E-state index in [1.165, 1.54) is 19.3 Å². The van der Waals surface area contributed by atoms with E-state index in [-0.39, 0.29) is 24.8 Å². The Labute approximate surface area is 139 Å². The number of rotatable bonds is 11. The maximum atomic E-state index is 11.7. The number of esters is 2. The van der Waals surface area contributed by atoms with Gasteiger partial charge in [-0.15, -0.1) is 0 Å². The van der Waals surface area contributed by atoms with E-state index >= 15 is 0 Å². The van der Waals surface area contributed by atoms with E-state index in [0.717, 1.165) is 18.4 Å². The molecule has 0 N–H and O–H groups in total. The van der Waals surface area contributed by atoms with E-state index in [1.807, 2.05) is 25.1 Å². The maximum absolute atomic E-state index is 11.7. The third-order valence-corrected chi connectivity index (χ3v) is 3.59. The second-order valence-electron chi connectivity index (χ2n) is 5.73. The Kier molecular flexibility index (Phi) is 9.76. The molecule has 0 radical (unpaired) electrons. The molecule has 0 saturated carbocycles. The summed E-state index contributed by atoms with van der Waals surface area (Å²) in [6.07, 6.45) is 6.59. The zero-order chi connectivity index (χ0) is 16.9. The van der Waals surface area contributed by atoms with Crippen molar-refractivity contribution in [1.29, 1.82) is 0 Å². The third-order valence-electron chi connectivity index (χ3n) is 3.59.